The van der Waals surface area contributed by atoms with Crippen molar-refractivity contribution in [3.05, 3.63) is 53.2 Å². The molecule has 1 aliphatic heterocycles. The number of nitrogens with one attached hydrogen (secondary N) is 2. The SMILES string of the molecule is CCC1CCCN1C(=O)c1cc2nccc(Nc3ccc4c(c3)cc(C)n4C(=O)NC3CC3)c2s1. The number of benzene rings is 1. The molecular formula is C27H29N5O2S. The molecule has 2 fully saturated rings. The topological polar surface area (TPSA) is 79.3 Å². The lowest BCUT2D eigenvalue weighted by Gasteiger charge is -2.22. The van der Waals surface area contributed by atoms with E-state index in [2.05, 4.69) is 28.6 Å². The molecule has 180 valence electrons. The summed E-state index contributed by atoms with van der Waals surface area (Å²) in [4.78, 5) is 33.2. The monoisotopic (exact) mass is 487 g/mol. The van der Waals surface area contributed by atoms with Gasteiger partial charge in [-0.15, -0.1) is 11.3 Å². The lowest BCUT2D eigenvalue weighted by molar-refractivity contribution is 0.0738. The number of fused-ring (bicyclic) bond motifs is 2. The molecule has 8 heteroatoms. The maximum absolute atomic E-state index is 13.2. The Morgan fingerprint density at radius 1 is 1.14 bits per heavy atom. The fourth-order valence-corrected chi connectivity index (χ4v) is 6.17. The Hall–Kier alpha value is -3.39. The van der Waals surface area contributed by atoms with Gasteiger partial charge in [-0.1, -0.05) is 6.92 Å². The molecule has 1 unspecified atom stereocenters. The van der Waals surface area contributed by atoms with Crippen LogP contribution in [-0.4, -0.2) is 45.0 Å². The van der Waals surface area contributed by atoms with Crippen LogP contribution in [0.2, 0.25) is 0 Å². The summed E-state index contributed by atoms with van der Waals surface area (Å²) < 4.78 is 2.72. The fraction of sp³-hybridized carbons (Fsp3) is 0.370. The second-order valence-electron chi connectivity index (χ2n) is 9.63. The minimum Gasteiger partial charge on any atom is -0.354 e. The standard InChI is InChI=1S/C27H29N5O2S/c1-3-20-5-4-12-31(20)26(33)24-15-22-25(35-24)21(10-11-28-22)29-19-8-9-23-17(14-19)13-16(2)32(23)27(34)30-18-6-7-18/h8-11,13-15,18,20H,3-7,12H2,1-2H3,(H,28,29)(H,30,34). The van der Waals surface area contributed by atoms with E-state index in [0.29, 0.717) is 12.1 Å². The molecule has 1 aromatic carbocycles. The van der Waals surface area contributed by atoms with E-state index in [0.717, 1.165) is 81.7 Å². The summed E-state index contributed by atoms with van der Waals surface area (Å²) in [7, 11) is 0. The molecule has 3 aromatic heterocycles. The summed E-state index contributed by atoms with van der Waals surface area (Å²) in [5.41, 5.74) is 4.49. The Morgan fingerprint density at radius 2 is 2.00 bits per heavy atom. The molecule has 0 radical (unpaired) electrons. The molecule has 1 saturated carbocycles. The molecule has 0 bridgehead atoms. The van der Waals surface area contributed by atoms with Crippen LogP contribution in [0, 0.1) is 6.92 Å². The van der Waals surface area contributed by atoms with Crippen molar-refractivity contribution in [2.45, 2.75) is 58.0 Å². The van der Waals surface area contributed by atoms with Gasteiger partial charge < -0.3 is 15.5 Å². The summed E-state index contributed by atoms with van der Waals surface area (Å²) in [6.45, 7) is 4.94. The van der Waals surface area contributed by atoms with E-state index < -0.39 is 0 Å². The first kappa shape index (κ1) is 22.1. The number of pyridine rings is 1. The van der Waals surface area contributed by atoms with Crippen molar-refractivity contribution >= 4 is 55.8 Å². The van der Waals surface area contributed by atoms with Crippen LogP contribution in [0.3, 0.4) is 0 Å². The maximum atomic E-state index is 13.2. The Morgan fingerprint density at radius 3 is 2.80 bits per heavy atom. The van der Waals surface area contributed by atoms with Gasteiger partial charge in [0.2, 0.25) is 0 Å². The van der Waals surface area contributed by atoms with Crippen molar-refractivity contribution < 1.29 is 9.59 Å². The van der Waals surface area contributed by atoms with Crippen LogP contribution in [-0.2, 0) is 0 Å². The van der Waals surface area contributed by atoms with Gasteiger partial charge in [0.05, 0.1) is 26.3 Å². The fourth-order valence-electron chi connectivity index (χ4n) is 5.13. The maximum Gasteiger partial charge on any atom is 0.326 e. The summed E-state index contributed by atoms with van der Waals surface area (Å²) in [6, 6.07) is 12.5. The van der Waals surface area contributed by atoms with Gasteiger partial charge in [-0.3, -0.25) is 14.3 Å². The smallest absolute Gasteiger partial charge is 0.326 e. The molecule has 6 rings (SSSR count). The van der Waals surface area contributed by atoms with E-state index in [1.54, 1.807) is 10.8 Å². The highest BCUT2D eigenvalue weighted by Gasteiger charge is 2.29. The molecule has 0 spiro atoms. The first-order chi connectivity index (χ1) is 17.0. The lowest BCUT2D eigenvalue weighted by Crippen LogP contribution is -2.34. The third-order valence-corrected chi connectivity index (χ3v) is 8.25. The van der Waals surface area contributed by atoms with E-state index in [4.69, 9.17) is 0 Å². The molecule has 1 aliphatic carbocycles. The van der Waals surface area contributed by atoms with Crippen LogP contribution in [0.4, 0.5) is 16.2 Å². The molecule has 7 nitrogen and oxygen atoms in total. The van der Waals surface area contributed by atoms with Gasteiger partial charge in [0.1, 0.15) is 0 Å². The highest BCUT2D eigenvalue weighted by molar-refractivity contribution is 7.21. The van der Waals surface area contributed by atoms with Gasteiger partial charge in [0, 0.05) is 41.6 Å². The number of anilines is 2. The van der Waals surface area contributed by atoms with Gasteiger partial charge in [-0.05, 0) is 75.4 Å². The minimum atomic E-state index is -0.0596. The third kappa shape index (κ3) is 4.05. The number of hydrogen-bond acceptors (Lipinski definition) is 5. The summed E-state index contributed by atoms with van der Waals surface area (Å²) in [6.07, 6.45) is 7.05. The zero-order valence-electron chi connectivity index (χ0n) is 20.0. The number of hydrogen-bond donors (Lipinski definition) is 2. The molecule has 1 saturated heterocycles. The van der Waals surface area contributed by atoms with E-state index in [1.165, 1.54) is 11.3 Å². The first-order valence-electron chi connectivity index (χ1n) is 12.4. The van der Waals surface area contributed by atoms with Crippen LogP contribution < -0.4 is 10.6 Å². The second-order valence-corrected chi connectivity index (χ2v) is 10.7. The van der Waals surface area contributed by atoms with Crippen molar-refractivity contribution in [1.29, 1.82) is 0 Å². The summed E-state index contributed by atoms with van der Waals surface area (Å²) in [5, 5.41) is 7.60. The molecule has 4 aromatic rings. The second kappa shape index (κ2) is 8.68. The highest BCUT2D eigenvalue weighted by atomic mass is 32.1. The number of amides is 2. The van der Waals surface area contributed by atoms with E-state index >= 15 is 0 Å². The minimum absolute atomic E-state index is 0.0596. The lowest BCUT2D eigenvalue weighted by atomic mass is 10.1. The number of aryl methyl sites for hydroxylation is 1. The van der Waals surface area contributed by atoms with Crippen LogP contribution in [0.25, 0.3) is 21.1 Å². The van der Waals surface area contributed by atoms with Gasteiger partial charge in [0.15, 0.2) is 0 Å². The largest absolute Gasteiger partial charge is 0.354 e. The quantitative estimate of drug-likeness (QED) is 0.360. The molecule has 4 heterocycles. The number of thiophene rings is 1. The number of carbonyl (C=O) groups is 2. The van der Waals surface area contributed by atoms with Gasteiger partial charge in [-0.25, -0.2) is 4.79 Å². The predicted octanol–water partition coefficient (Wildman–Crippen LogP) is 6.04. The molecule has 2 aliphatic rings. The van der Waals surface area contributed by atoms with Crippen molar-refractivity contribution in [2.24, 2.45) is 0 Å². The van der Waals surface area contributed by atoms with Crippen LogP contribution in [0.15, 0.2) is 42.6 Å². The van der Waals surface area contributed by atoms with E-state index in [9.17, 15) is 9.59 Å². The number of nitrogens with zero attached hydrogens (tertiary/aromatic N) is 3. The predicted molar refractivity (Wildman–Crippen MR) is 141 cm³/mol. The van der Waals surface area contributed by atoms with Crippen molar-refractivity contribution in [2.75, 3.05) is 11.9 Å². The highest BCUT2D eigenvalue weighted by Crippen LogP contribution is 2.35. The average Bonchev–Trinajstić information content (AvgIpc) is 3.24. The van der Waals surface area contributed by atoms with E-state index in [1.807, 2.05) is 42.2 Å². The molecule has 35 heavy (non-hydrogen) atoms. The zero-order valence-corrected chi connectivity index (χ0v) is 20.8. The van der Waals surface area contributed by atoms with Crippen LogP contribution in [0.5, 0.6) is 0 Å². The Kier molecular flexibility index (Phi) is 5.48. The zero-order chi connectivity index (χ0) is 24.1. The molecule has 2 N–H and O–H groups in total. The Balaban J connectivity index is 1.28. The average molecular weight is 488 g/mol. The van der Waals surface area contributed by atoms with Crippen LogP contribution >= 0.6 is 11.3 Å². The van der Waals surface area contributed by atoms with Gasteiger partial charge >= 0.3 is 6.03 Å². The van der Waals surface area contributed by atoms with Crippen LogP contribution in [0.1, 0.15) is 54.4 Å². The number of carbonyl (C=O) groups excluding carboxylic acids is 2. The third-order valence-electron chi connectivity index (χ3n) is 7.10. The summed E-state index contributed by atoms with van der Waals surface area (Å²) >= 11 is 1.50. The molecule has 1 atom stereocenters. The van der Waals surface area contributed by atoms with Crippen molar-refractivity contribution in [3.8, 4) is 0 Å². The first-order valence-corrected chi connectivity index (χ1v) is 13.2. The Bertz CT molecular complexity index is 1450. The molecular weight excluding hydrogens is 458 g/mol. The van der Waals surface area contributed by atoms with E-state index in [-0.39, 0.29) is 11.9 Å². The van der Waals surface area contributed by atoms with Gasteiger partial charge in [-0.2, -0.15) is 0 Å². The number of aromatic nitrogens is 2. The van der Waals surface area contributed by atoms with Crippen molar-refractivity contribution in [1.82, 2.24) is 19.8 Å². The number of likely N-dealkylation sites (tertiary alicyclic amines) is 1. The normalized spacial score (nSPS) is 17.9. The van der Waals surface area contributed by atoms with Crippen molar-refractivity contribution in [3.63, 3.8) is 0 Å². The Labute approximate surface area is 208 Å². The molecule has 2 amide bonds. The van der Waals surface area contributed by atoms with Gasteiger partial charge in [0.25, 0.3) is 5.91 Å². The number of rotatable bonds is 5. The summed E-state index contributed by atoms with van der Waals surface area (Å²) in [5.74, 6) is 0.117.